The van der Waals surface area contributed by atoms with Gasteiger partial charge in [-0.25, -0.2) is 0 Å². The molecule has 0 saturated heterocycles. The molecule has 3 N–H and O–H groups in total. The lowest BCUT2D eigenvalue weighted by Crippen LogP contribution is -2.55. The van der Waals surface area contributed by atoms with Crippen molar-refractivity contribution in [3.63, 3.8) is 0 Å². The van der Waals surface area contributed by atoms with Gasteiger partial charge in [0.25, 0.3) is 0 Å². The summed E-state index contributed by atoms with van der Waals surface area (Å²) in [5.41, 5.74) is 5.92. The molecule has 1 aliphatic carbocycles. The van der Waals surface area contributed by atoms with Gasteiger partial charge in [-0.15, -0.1) is 0 Å². The van der Waals surface area contributed by atoms with Crippen LogP contribution in [0.3, 0.4) is 0 Å². The van der Waals surface area contributed by atoms with Crippen LogP contribution in [-0.4, -0.2) is 43.0 Å². The fourth-order valence-corrected chi connectivity index (χ4v) is 2.57. The normalized spacial score (nSPS) is 21.1. The molecule has 18 heavy (non-hydrogen) atoms. The largest absolute Gasteiger partial charge is 0.353 e. The smallest absolute Gasteiger partial charge is 0.237 e. The first-order chi connectivity index (χ1) is 8.19. The molecule has 0 radical (unpaired) electrons. The molecular weight excluding hydrogens is 226 g/mol. The van der Waals surface area contributed by atoms with E-state index in [1.807, 2.05) is 20.8 Å². The van der Waals surface area contributed by atoms with Crippen LogP contribution in [-0.2, 0) is 4.79 Å². The van der Waals surface area contributed by atoms with Crippen LogP contribution in [0.2, 0.25) is 0 Å². The molecule has 1 aliphatic rings. The predicted octanol–water partition coefficient (Wildman–Crippen LogP) is 1.35. The fourth-order valence-electron chi connectivity index (χ4n) is 2.57. The highest BCUT2D eigenvalue weighted by molar-refractivity contribution is 5.82. The number of carbonyl (C=O) groups is 1. The van der Waals surface area contributed by atoms with E-state index in [1.165, 1.54) is 12.8 Å². The SMILES string of the molecule is CN(C)C1(CNC(=O)[C@@H](N)C(C)(C)C)CCCC1. The quantitative estimate of drug-likeness (QED) is 0.797. The van der Waals surface area contributed by atoms with Crippen LogP contribution in [0.1, 0.15) is 46.5 Å². The maximum absolute atomic E-state index is 12.1. The van der Waals surface area contributed by atoms with Gasteiger partial charge in [0.15, 0.2) is 0 Å². The summed E-state index contributed by atoms with van der Waals surface area (Å²) < 4.78 is 0. The van der Waals surface area contributed by atoms with E-state index in [-0.39, 0.29) is 16.9 Å². The van der Waals surface area contributed by atoms with Crippen molar-refractivity contribution >= 4 is 5.91 Å². The van der Waals surface area contributed by atoms with Crippen molar-refractivity contribution in [3.8, 4) is 0 Å². The summed E-state index contributed by atoms with van der Waals surface area (Å²) in [4.78, 5) is 14.3. The summed E-state index contributed by atoms with van der Waals surface area (Å²) in [7, 11) is 4.20. The van der Waals surface area contributed by atoms with Crippen LogP contribution in [0.25, 0.3) is 0 Å². The number of nitrogens with two attached hydrogens (primary N) is 1. The van der Waals surface area contributed by atoms with Crippen LogP contribution in [0.4, 0.5) is 0 Å². The Balaban J connectivity index is 2.56. The molecule has 1 amide bonds. The number of carbonyl (C=O) groups excluding carboxylic acids is 1. The summed E-state index contributed by atoms with van der Waals surface area (Å²) >= 11 is 0. The second-order valence-corrected chi connectivity index (χ2v) is 6.89. The molecule has 0 unspecified atom stereocenters. The van der Waals surface area contributed by atoms with Crippen LogP contribution in [0.15, 0.2) is 0 Å². The van der Waals surface area contributed by atoms with E-state index >= 15 is 0 Å². The molecule has 0 bridgehead atoms. The third kappa shape index (κ3) is 3.45. The minimum absolute atomic E-state index is 0.0318. The minimum Gasteiger partial charge on any atom is -0.353 e. The molecule has 0 heterocycles. The van der Waals surface area contributed by atoms with Crippen molar-refractivity contribution in [1.82, 2.24) is 10.2 Å². The van der Waals surface area contributed by atoms with Crippen molar-refractivity contribution in [2.24, 2.45) is 11.1 Å². The maximum atomic E-state index is 12.1. The Labute approximate surface area is 111 Å². The number of nitrogens with one attached hydrogen (secondary N) is 1. The number of hydrogen-bond acceptors (Lipinski definition) is 3. The van der Waals surface area contributed by atoms with Crippen LogP contribution < -0.4 is 11.1 Å². The molecule has 1 atom stereocenters. The molecule has 0 aliphatic heterocycles. The second-order valence-electron chi connectivity index (χ2n) is 6.89. The highest BCUT2D eigenvalue weighted by atomic mass is 16.2. The number of amides is 1. The van der Waals surface area contributed by atoms with Crippen molar-refractivity contribution in [1.29, 1.82) is 0 Å². The van der Waals surface area contributed by atoms with Gasteiger partial charge in [-0.1, -0.05) is 33.6 Å². The molecule has 1 fully saturated rings. The minimum atomic E-state index is -0.446. The Morgan fingerprint density at radius 2 is 1.83 bits per heavy atom. The lowest BCUT2D eigenvalue weighted by molar-refractivity contribution is -0.125. The molecule has 0 aromatic heterocycles. The first-order valence-corrected chi connectivity index (χ1v) is 6.90. The van der Waals surface area contributed by atoms with Gasteiger partial charge in [-0.3, -0.25) is 4.79 Å². The first-order valence-electron chi connectivity index (χ1n) is 6.90. The summed E-state index contributed by atoms with van der Waals surface area (Å²) in [6.07, 6.45) is 4.81. The van der Waals surface area contributed by atoms with Gasteiger partial charge >= 0.3 is 0 Å². The third-order valence-electron chi connectivity index (χ3n) is 4.29. The molecule has 0 aromatic rings. The molecule has 0 spiro atoms. The van der Waals surface area contributed by atoms with Gasteiger partial charge in [0.2, 0.25) is 5.91 Å². The van der Waals surface area contributed by atoms with E-state index in [1.54, 1.807) is 0 Å². The fraction of sp³-hybridized carbons (Fsp3) is 0.929. The van der Waals surface area contributed by atoms with Crippen LogP contribution in [0, 0.1) is 5.41 Å². The topological polar surface area (TPSA) is 58.4 Å². The van der Waals surface area contributed by atoms with E-state index < -0.39 is 6.04 Å². The Morgan fingerprint density at radius 3 is 2.22 bits per heavy atom. The third-order valence-corrected chi connectivity index (χ3v) is 4.29. The summed E-state index contributed by atoms with van der Waals surface area (Å²) in [5.74, 6) is -0.0318. The molecule has 106 valence electrons. The second kappa shape index (κ2) is 5.57. The lowest BCUT2D eigenvalue weighted by atomic mass is 9.86. The zero-order valence-corrected chi connectivity index (χ0v) is 12.5. The van der Waals surface area contributed by atoms with Gasteiger partial charge < -0.3 is 16.0 Å². The number of nitrogens with zero attached hydrogens (tertiary/aromatic N) is 1. The van der Waals surface area contributed by atoms with Gasteiger partial charge in [-0.2, -0.15) is 0 Å². The highest BCUT2D eigenvalue weighted by Gasteiger charge is 2.37. The number of likely N-dealkylation sites (N-methyl/N-ethyl adjacent to an activating group) is 1. The number of rotatable bonds is 4. The van der Waals surface area contributed by atoms with Gasteiger partial charge in [-0.05, 0) is 32.4 Å². The van der Waals surface area contributed by atoms with E-state index in [9.17, 15) is 4.79 Å². The highest BCUT2D eigenvalue weighted by Crippen LogP contribution is 2.33. The van der Waals surface area contributed by atoms with E-state index in [2.05, 4.69) is 24.3 Å². The van der Waals surface area contributed by atoms with Gasteiger partial charge in [0.05, 0.1) is 6.04 Å². The zero-order chi connectivity index (χ0) is 14.0. The summed E-state index contributed by atoms with van der Waals surface area (Å²) in [6, 6.07) is -0.446. The Kier molecular flexibility index (Phi) is 4.78. The molecule has 0 aromatic carbocycles. The molecule has 1 rings (SSSR count). The number of hydrogen-bond donors (Lipinski definition) is 2. The van der Waals surface area contributed by atoms with Crippen LogP contribution >= 0.6 is 0 Å². The van der Waals surface area contributed by atoms with Gasteiger partial charge in [0.1, 0.15) is 0 Å². The average Bonchev–Trinajstić information content (AvgIpc) is 2.73. The lowest BCUT2D eigenvalue weighted by Gasteiger charge is -2.37. The van der Waals surface area contributed by atoms with Crippen molar-refractivity contribution in [3.05, 3.63) is 0 Å². The predicted molar refractivity (Wildman–Crippen MR) is 75.3 cm³/mol. The molecule has 4 heteroatoms. The Bertz CT molecular complexity index is 288. The zero-order valence-electron chi connectivity index (χ0n) is 12.5. The molecule has 4 nitrogen and oxygen atoms in total. The van der Waals surface area contributed by atoms with E-state index in [0.717, 1.165) is 12.8 Å². The summed E-state index contributed by atoms with van der Waals surface area (Å²) in [5, 5.41) is 3.05. The van der Waals surface area contributed by atoms with E-state index in [0.29, 0.717) is 6.54 Å². The first kappa shape index (κ1) is 15.4. The maximum Gasteiger partial charge on any atom is 0.237 e. The van der Waals surface area contributed by atoms with Crippen LogP contribution in [0.5, 0.6) is 0 Å². The Hall–Kier alpha value is -0.610. The van der Waals surface area contributed by atoms with Crippen molar-refractivity contribution < 1.29 is 4.79 Å². The molecule has 1 saturated carbocycles. The average molecular weight is 255 g/mol. The Morgan fingerprint density at radius 1 is 1.33 bits per heavy atom. The standard InChI is InChI=1S/C14H29N3O/c1-13(2,3)11(15)12(18)16-10-14(17(4)5)8-6-7-9-14/h11H,6-10,15H2,1-5H3,(H,16,18)/t11-/m1/s1. The monoisotopic (exact) mass is 255 g/mol. The molecular formula is C14H29N3O. The van der Waals surface area contributed by atoms with E-state index in [4.69, 9.17) is 5.73 Å². The van der Waals surface area contributed by atoms with Gasteiger partial charge in [0, 0.05) is 12.1 Å². The summed E-state index contributed by atoms with van der Waals surface area (Å²) in [6.45, 7) is 6.69. The van der Waals surface area contributed by atoms with Crippen molar-refractivity contribution in [2.75, 3.05) is 20.6 Å². The van der Waals surface area contributed by atoms with Crippen molar-refractivity contribution in [2.45, 2.75) is 58.0 Å².